The van der Waals surface area contributed by atoms with E-state index in [-0.39, 0.29) is 11.7 Å². The molecule has 5 rings (SSSR count). The van der Waals surface area contributed by atoms with Gasteiger partial charge in [0, 0.05) is 54.8 Å². The number of thioether (sulfide) groups is 1. The number of halogens is 2. The molecule has 0 unspecified atom stereocenters. The zero-order valence-electron chi connectivity index (χ0n) is 17.7. The zero-order chi connectivity index (χ0) is 22.8. The lowest BCUT2D eigenvalue weighted by atomic mass is 10.1. The molecule has 1 saturated heterocycles. The number of benzene rings is 2. The van der Waals surface area contributed by atoms with Gasteiger partial charge in [-0.05, 0) is 42.5 Å². The van der Waals surface area contributed by atoms with Crippen LogP contribution in [0.4, 0.5) is 10.1 Å². The molecule has 33 heavy (non-hydrogen) atoms. The number of nitrogens with zero attached hydrogens (tertiary/aromatic N) is 5. The van der Waals surface area contributed by atoms with Crippen molar-refractivity contribution in [1.82, 2.24) is 19.5 Å². The lowest BCUT2D eigenvalue weighted by Gasteiger charge is -2.36. The van der Waals surface area contributed by atoms with Crippen LogP contribution in [-0.2, 0) is 4.79 Å². The highest BCUT2D eigenvalue weighted by Crippen LogP contribution is 2.27. The third-order valence-corrected chi connectivity index (χ3v) is 6.88. The molecule has 0 N–H and O–H groups in total. The van der Waals surface area contributed by atoms with E-state index in [4.69, 9.17) is 11.6 Å². The smallest absolute Gasteiger partial charge is 0.233 e. The molecule has 3 heterocycles. The lowest BCUT2D eigenvalue weighted by molar-refractivity contribution is -0.128. The Morgan fingerprint density at radius 3 is 2.48 bits per heavy atom. The van der Waals surface area contributed by atoms with Gasteiger partial charge in [0.1, 0.15) is 10.8 Å². The Morgan fingerprint density at radius 2 is 1.76 bits per heavy atom. The van der Waals surface area contributed by atoms with Crippen LogP contribution < -0.4 is 4.90 Å². The summed E-state index contributed by atoms with van der Waals surface area (Å²) in [4.78, 5) is 21.4. The molecule has 0 radical (unpaired) electrons. The second kappa shape index (κ2) is 9.41. The molecule has 6 nitrogen and oxygen atoms in total. The quantitative estimate of drug-likeness (QED) is 0.389. The van der Waals surface area contributed by atoms with Crippen molar-refractivity contribution in [3.05, 3.63) is 77.8 Å². The zero-order valence-corrected chi connectivity index (χ0v) is 19.3. The predicted molar refractivity (Wildman–Crippen MR) is 129 cm³/mol. The maximum atomic E-state index is 13.2. The van der Waals surface area contributed by atoms with Crippen molar-refractivity contribution in [2.24, 2.45) is 0 Å². The average Bonchev–Trinajstić information content (AvgIpc) is 3.28. The standard InChI is InChI=1S/C24H21ClFN5OS/c25-18-3-1-17(2-4-18)21-15-22-24(27-9-10-31(22)28-21)33-16-23(32)30-13-11-29(12-14-30)20-7-5-19(26)6-8-20/h1-10,15H,11-14,16H2. The van der Waals surface area contributed by atoms with Crippen LogP contribution in [0.2, 0.25) is 5.02 Å². The molecule has 2 aromatic carbocycles. The second-order valence-electron chi connectivity index (χ2n) is 7.73. The molecular formula is C24H21ClFN5OS. The van der Waals surface area contributed by atoms with E-state index in [1.807, 2.05) is 35.2 Å². The van der Waals surface area contributed by atoms with Gasteiger partial charge in [-0.2, -0.15) is 5.10 Å². The topological polar surface area (TPSA) is 53.7 Å². The van der Waals surface area contributed by atoms with Crippen molar-refractivity contribution >= 4 is 40.5 Å². The fourth-order valence-electron chi connectivity index (χ4n) is 3.86. The minimum absolute atomic E-state index is 0.0833. The maximum absolute atomic E-state index is 13.2. The van der Waals surface area contributed by atoms with Gasteiger partial charge in [0.25, 0.3) is 0 Å². The van der Waals surface area contributed by atoms with E-state index >= 15 is 0 Å². The van der Waals surface area contributed by atoms with Gasteiger partial charge in [-0.15, -0.1) is 0 Å². The van der Waals surface area contributed by atoms with E-state index in [0.29, 0.717) is 23.9 Å². The molecule has 0 atom stereocenters. The summed E-state index contributed by atoms with van der Waals surface area (Å²) in [5, 5.41) is 6.07. The summed E-state index contributed by atoms with van der Waals surface area (Å²) in [6.07, 6.45) is 3.50. The Balaban J connectivity index is 1.22. The predicted octanol–water partition coefficient (Wildman–Crippen LogP) is 4.63. The van der Waals surface area contributed by atoms with Gasteiger partial charge in [0.15, 0.2) is 0 Å². The molecule has 1 amide bonds. The minimum atomic E-state index is -0.244. The molecule has 168 valence electrons. The van der Waals surface area contributed by atoms with Crippen LogP contribution in [0.15, 0.2) is 72.0 Å². The van der Waals surface area contributed by atoms with Crippen molar-refractivity contribution in [3.63, 3.8) is 0 Å². The normalized spacial score (nSPS) is 14.1. The molecular weight excluding hydrogens is 461 g/mol. The molecule has 9 heteroatoms. The molecule has 4 aromatic rings. The second-order valence-corrected chi connectivity index (χ2v) is 9.13. The van der Waals surface area contributed by atoms with Crippen LogP contribution >= 0.6 is 23.4 Å². The van der Waals surface area contributed by atoms with Crippen LogP contribution in [0.5, 0.6) is 0 Å². The number of rotatable bonds is 5. The fourth-order valence-corrected chi connectivity index (χ4v) is 4.86. The summed E-state index contributed by atoms with van der Waals surface area (Å²) in [7, 11) is 0. The van der Waals surface area contributed by atoms with E-state index in [1.54, 1.807) is 29.0 Å². The van der Waals surface area contributed by atoms with Crippen LogP contribution in [0.25, 0.3) is 16.8 Å². The number of piperazine rings is 1. The molecule has 0 aliphatic carbocycles. The van der Waals surface area contributed by atoms with Gasteiger partial charge in [-0.1, -0.05) is 35.5 Å². The third-order valence-electron chi connectivity index (χ3n) is 5.65. The van der Waals surface area contributed by atoms with Gasteiger partial charge in [-0.3, -0.25) is 4.79 Å². The highest BCUT2D eigenvalue weighted by Gasteiger charge is 2.22. The Hall–Kier alpha value is -3.10. The first-order chi connectivity index (χ1) is 16.1. The first-order valence-electron chi connectivity index (χ1n) is 10.6. The number of fused-ring (bicyclic) bond motifs is 1. The Labute approximate surface area is 200 Å². The largest absolute Gasteiger partial charge is 0.368 e. The first kappa shape index (κ1) is 21.7. The number of amides is 1. The highest BCUT2D eigenvalue weighted by atomic mass is 35.5. The Bertz CT molecular complexity index is 1270. The number of hydrogen-bond donors (Lipinski definition) is 0. The number of anilines is 1. The average molecular weight is 482 g/mol. The Morgan fingerprint density at radius 1 is 1.03 bits per heavy atom. The van der Waals surface area contributed by atoms with Crippen LogP contribution in [0.1, 0.15) is 0 Å². The van der Waals surface area contributed by atoms with Crippen molar-refractivity contribution < 1.29 is 9.18 Å². The van der Waals surface area contributed by atoms with E-state index in [1.165, 1.54) is 23.9 Å². The summed E-state index contributed by atoms with van der Waals surface area (Å²) >= 11 is 7.41. The summed E-state index contributed by atoms with van der Waals surface area (Å²) < 4.78 is 14.9. The van der Waals surface area contributed by atoms with E-state index < -0.39 is 0 Å². The van der Waals surface area contributed by atoms with Gasteiger partial charge in [-0.25, -0.2) is 13.9 Å². The first-order valence-corrected chi connectivity index (χ1v) is 11.9. The summed E-state index contributed by atoms with van der Waals surface area (Å²) in [6, 6.07) is 16.0. The molecule has 0 bridgehead atoms. The van der Waals surface area contributed by atoms with Gasteiger partial charge in [0.05, 0.1) is 17.0 Å². The number of hydrogen-bond acceptors (Lipinski definition) is 5. The molecule has 1 aliphatic heterocycles. The van der Waals surface area contributed by atoms with Crippen LogP contribution in [0.3, 0.4) is 0 Å². The highest BCUT2D eigenvalue weighted by molar-refractivity contribution is 8.00. The van der Waals surface area contributed by atoms with Gasteiger partial charge >= 0.3 is 0 Å². The SMILES string of the molecule is O=C(CSc1nccn2nc(-c3ccc(Cl)cc3)cc12)N1CCN(c2ccc(F)cc2)CC1. The third kappa shape index (κ3) is 4.82. The van der Waals surface area contributed by atoms with E-state index in [2.05, 4.69) is 15.0 Å². The summed E-state index contributed by atoms with van der Waals surface area (Å²) in [5.41, 5.74) is 3.63. The molecule has 0 saturated carbocycles. The molecule has 0 spiro atoms. The minimum Gasteiger partial charge on any atom is -0.368 e. The van der Waals surface area contributed by atoms with E-state index in [0.717, 1.165) is 40.6 Å². The lowest BCUT2D eigenvalue weighted by Crippen LogP contribution is -2.49. The molecule has 1 aliphatic rings. The van der Waals surface area contributed by atoms with Crippen LogP contribution in [0, 0.1) is 5.82 Å². The number of aromatic nitrogens is 3. The van der Waals surface area contributed by atoms with Gasteiger partial charge < -0.3 is 9.80 Å². The van der Waals surface area contributed by atoms with Crippen molar-refractivity contribution in [3.8, 4) is 11.3 Å². The maximum Gasteiger partial charge on any atom is 0.233 e. The van der Waals surface area contributed by atoms with E-state index in [9.17, 15) is 9.18 Å². The van der Waals surface area contributed by atoms with Crippen molar-refractivity contribution in [1.29, 1.82) is 0 Å². The summed E-state index contributed by atoms with van der Waals surface area (Å²) in [5.74, 6) is 0.150. The van der Waals surface area contributed by atoms with Crippen molar-refractivity contribution in [2.75, 3.05) is 36.8 Å². The Kier molecular flexibility index (Phi) is 6.20. The van der Waals surface area contributed by atoms with Crippen LogP contribution in [-0.4, -0.2) is 57.3 Å². The monoisotopic (exact) mass is 481 g/mol. The fraction of sp³-hybridized carbons (Fsp3) is 0.208. The number of carbonyl (C=O) groups excluding carboxylic acids is 1. The molecule has 2 aromatic heterocycles. The summed E-state index contributed by atoms with van der Waals surface area (Å²) in [6.45, 7) is 2.73. The van der Waals surface area contributed by atoms with Crippen molar-refractivity contribution in [2.45, 2.75) is 5.03 Å². The number of carbonyl (C=O) groups is 1. The van der Waals surface area contributed by atoms with Gasteiger partial charge in [0.2, 0.25) is 5.91 Å². The molecule has 1 fully saturated rings.